The van der Waals surface area contributed by atoms with Crippen molar-refractivity contribution in [3.05, 3.63) is 33.9 Å². The van der Waals surface area contributed by atoms with Gasteiger partial charge in [0.2, 0.25) is 0 Å². The van der Waals surface area contributed by atoms with Gasteiger partial charge in [-0.15, -0.1) is 0 Å². The van der Waals surface area contributed by atoms with Crippen LogP contribution in [0.15, 0.2) is 30.3 Å². The second-order valence-electron chi connectivity index (χ2n) is 7.62. The van der Waals surface area contributed by atoms with E-state index < -0.39 is 33.1 Å². The molecule has 1 fully saturated rings. The van der Waals surface area contributed by atoms with Crippen molar-refractivity contribution in [2.45, 2.75) is 49.9 Å². The van der Waals surface area contributed by atoms with Crippen LogP contribution < -0.4 is 9.47 Å². The lowest BCUT2D eigenvalue weighted by Gasteiger charge is -2.32. The number of halogens is 3. The van der Waals surface area contributed by atoms with Gasteiger partial charge in [0.15, 0.2) is 10.1 Å². The lowest BCUT2D eigenvalue weighted by Crippen LogP contribution is -2.40. The van der Waals surface area contributed by atoms with E-state index in [4.69, 9.17) is 9.47 Å². The Hall–Kier alpha value is -2.06. The van der Waals surface area contributed by atoms with E-state index in [1.165, 1.54) is 18.2 Å². The van der Waals surface area contributed by atoms with Crippen LogP contribution in [0.25, 0.3) is 10.8 Å². The van der Waals surface area contributed by atoms with Crippen molar-refractivity contribution >= 4 is 55.6 Å². The summed E-state index contributed by atoms with van der Waals surface area (Å²) in [6, 6.07) is 6.78. The summed E-state index contributed by atoms with van der Waals surface area (Å²) in [5.74, 6) is -2.67. The molecule has 1 aliphatic carbocycles. The molecular formula is C20H18F2IO8S-. The molecule has 0 bridgehead atoms. The Labute approximate surface area is 196 Å². The maximum Gasteiger partial charge on any atom is 0.514 e. The van der Waals surface area contributed by atoms with Crippen LogP contribution in [0.3, 0.4) is 0 Å². The van der Waals surface area contributed by atoms with Crippen molar-refractivity contribution in [3.63, 3.8) is 0 Å². The number of rotatable bonds is 5. The number of esters is 1. The van der Waals surface area contributed by atoms with E-state index in [2.05, 4.69) is 4.74 Å². The molecular weight excluding hydrogens is 565 g/mol. The highest BCUT2D eigenvalue weighted by Crippen LogP contribution is 2.34. The number of carbonyl (C=O) groups is 2. The van der Waals surface area contributed by atoms with Gasteiger partial charge in [0.1, 0.15) is 17.1 Å². The average molecular weight is 583 g/mol. The summed E-state index contributed by atoms with van der Waals surface area (Å²) in [5.41, 5.74) is -0.573. The van der Waals surface area contributed by atoms with E-state index in [1.54, 1.807) is 6.07 Å². The van der Waals surface area contributed by atoms with Crippen molar-refractivity contribution < 1.29 is 45.6 Å². The van der Waals surface area contributed by atoms with Crippen molar-refractivity contribution in [2.24, 2.45) is 0 Å². The SMILES string of the molecule is CC1(OC(=O)Oc2cc3ccc(OC(=O)C(F)(F)S(=O)(=O)[O-])cc3cc2I)CCCCC1. The van der Waals surface area contributed by atoms with E-state index in [9.17, 15) is 31.3 Å². The van der Waals surface area contributed by atoms with Gasteiger partial charge < -0.3 is 18.8 Å². The Morgan fingerprint density at radius 2 is 1.72 bits per heavy atom. The Kier molecular flexibility index (Phi) is 6.96. The van der Waals surface area contributed by atoms with Crippen LogP contribution in [0.4, 0.5) is 13.6 Å². The molecule has 0 aliphatic heterocycles. The fourth-order valence-electron chi connectivity index (χ4n) is 3.35. The van der Waals surface area contributed by atoms with Gasteiger partial charge in [0.25, 0.3) is 0 Å². The molecule has 0 spiro atoms. The van der Waals surface area contributed by atoms with Gasteiger partial charge in [-0.3, -0.25) is 0 Å². The lowest BCUT2D eigenvalue weighted by molar-refractivity contribution is -0.151. The summed E-state index contributed by atoms with van der Waals surface area (Å²) in [6.45, 7) is 1.86. The summed E-state index contributed by atoms with van der Waals surface area (Å²) < 4.78 is 74.0. The Bertz CT molecular complexity index is 1160. The molecule has 0 atom stereocenters. The zero-order valence-electron chi connectivity index (χ0n) is 16.7. The van der Waals surface area contributed by atoms with Crippen LogP contribution in [0.2, 0.25) is 0 Å². The fourth-order valence-corrected chi connectivity index (χ4v) is 4.20. The number of ether oxygens (including phenoxy) is 3. The van der Waals surface area contributed by atoms with E-state index in [0.717, 1.165) is 38.2 Å². The molecule has 0 heterocycles. The normalized spacial score (nSPS) is 16.4. The number of fused-ring (bicyclic) bond motifs is 1. The van der Waals surface area contributed by atoms with Gasteiger partial charge in [-0.2, -0.15) is 8.78 Å². The third-order valence-electron chi connectivity index (χ3n) is 5.06. The Morgan fingerprint density at radius 1 is 1.06 bits per heavy atom. The summed E-state index contributed by atoms with van der Waals surface area (Å²) in [6.07, 6.45) is 3.71. The number of hydrogen-bond donors (Lipinski definition) is 0. The van der Waals surface area contributed by atoms with Gasteiger partial charge in [-0.25, -0.2) is 18.0 Å². The maximum absolute atomic E-state index is 13.3. The molecule has 1 aliphatic rings. The molecule has 0 aromatic heterocycles. The molecule has 2 aromatic rings. The quantitative estimate of drug-likeness (QED) is 0.163. The monoisotopic (exact) mass is 583 g/mol. The number of hydrogen-bond acceptors (Lipinski definition) is 8. The van der Waals surface area contributed by atoms with Crippen LogP contribution >= 0.6 is 22.6 Å². The topological polar surface area (TPSA) is 119 Å². The Balaban J connectivity index is 1.76. The summed E-state index contributed by atoms with van der Waals surface area (Å²) in [4.78, 5) is 23.7. The molecule has 2 aromatic carbocycles. The van der Waals surface area contributed by atoms with Crippen LogP contribution in [-0.4, -0.2) is 36.0 Å². The minimum Gasteiger partial charge on any atom is -0.743 e. The average Bonchev–Trinajstić information content (AvgIpc) is 2.68. The van der Waals surface area contributed by atoms with Gasteiger partial charge in [0.05, 0.1) is 3.57 Å². The third-order valence-corrected chi connectivity index (χ3v) is 6.70. The smallest absolute Gasteiger partial charge is 0.514 e. The summed E-state index contributed by atoms with van der Waals surface area (Å²) in [5, 5.41) is -4.28. The van der Waals surface area contributed by atoms with Crippen molar-refractivity contribution in [3.8, 4) is 11.5 Å². The molecule has 1 saturated carbocycles. The van der Waals surface area contributed by atoms with E-state index in [-0.39, 0.29) is 11.5 Å². The maximum atomic E-state index is 13.3. The Morgan fingerprint density at radius 3 is 2.34 bits per heavy atom. The van der Waals surface area contributed by atoms with Crippen LogP contribution in [0.5, 0.6) is 11.5 Å². The molecule has 32 heavy (non-hydrogen) atoms. The first-order chi connectivity index (χ1) is 14.8. The van der Waals surface area contributed by atoms with E-state index >= 15 is 0 Å². The van der Waals surface area contributed by atoms with Gasteiger partial charge in [-0.1, -0.05) is 12.5 Å². The standard InChI is InChI=1S/C20H19F2IO8S/c1-19(7-3-2-4-8-19)31-18(25)30-16-11-12-5-6-14(9-13(12)10-15(16)23)29-17(24)20(21,22)32(26,27)28/h5-6,9-11H,2-4,7-8H2,1H3,(H,26,27,28)/p-1. The molecule has 0 saturated heterocycles. The fraction of sp³-hybridized carbons (Fsp3) is 0.400. The van der Waals surface area contributed by atoms with Crippen molar-refractivity contribution in [2.75, 3.05) is 0 Å². The first kappa shape index (κ1) is 24.6. The zero-order valence-corrected chi connectivity index (χ0v) is 19.7. The number of alkyl halides is 2. The summed E-state index contributed by atoms with van der Waals surface area (Å²) in [7, 11) is -6.22. The molecule has 0 radical (unpaired) electrons. The highest BCUT2D eigenvalue weighted by Gasteiger charge is 2.48. The lowest BCUT2D eigenvalue weighted by atomic mass is 9.86. The molecule has 174 valence electrons. The van der Waals surface area contributed by atoms with Gasteiger partial charge in [-0.05, 0) is 90.2 Å². The number of benzene rings is 2. The van der Waals surface area contributed by atoms with Crippen molar-refractivity contribution in [1.82, 2.24) is 0 Å². The molecule has 0 N–H and O–H groups in total. The molecule has 0 amide bonds. The second-order valence-corrected chi connectivity index (χ2v) is 10.2. The predicted molar refractivity (Wildman–Crippen MR) is 116 cm³/mol. The summed E-state index contributed by atoms with van der Waals surface area (Å²) >= 11 is 1.90. The first-order valence-electron chi connectivity index (χ1n) is 9.50. The molecule has 0 unspecified atom stereocenters. The zero-order chi connectivity index (χ0) is 23.7. The van der Waals surface area contributed by atoms with Gasteiger partial charge >= 0.3 is 17.4 Å². The molecule has 12 heteroatoms. The van der Waals surface area contributed by atoms with E-state index in [0.29, 0.717) is 14.3 Å². The van der Waals surface area contributed by atoms with Crippen LogP contribution in [0.1, 0.15) is 39.0 Å². The molecule has 3 rings (SSSR count). The predicted octanol–water partition coefficient (Wildman–Crippen LogP) is 4.73. The van der Waals surface area contributed by atoms with Crippen LogP contribution in [0, 0.1) is 3.57 Å². The second kappa shape index (κ2) is 9.06. The van der Waals surface area contributed by atoms with E-state index in [1.807, 2.05) is 29.5 Å². The minimum absolute atomic E-state index is 0.219. The minimum atomic E-state index is -6.22. The largest absolute Gasteiger partial charge is 0.743 e. The number of carbonyl (C=O) groups excluding carboxylic acids is 2. The highest BCUT2D eigenvalue weighted by atomic mass is 127. The first-order valence-corrected chi connectivity index (χ1v) is 12.0. The van der Waals surface area contributed by atoms with Gasteiger partial charge in [0, 0.05) is 0 Å². The van der Waals surface area contributed by atoms with Crippen LogP contribution in [-0.2, 0) is 19.6 Å². The molecule has 8 nitrogen and oxygen atoms in total. The highest BCUT2D eigenvalue weighted by molar-refractivity contribution is 14.1. The van der Waals surface area contributed by atoms with Crippen molar-refractivity contribution in [1.29, 1.82) is 0 Å². The third kappa shape index (κ3) is 5.46.